The summed E-state index contributed by atoms with van der Waals surface area (Å²) in [5, 5.41) is 4.60. The van der Waals surface area contributed by atoms with Crippen LogP contribution in [0.3, 0.4) is 0 Å². The van der Waals surface area contributed by atoms with Gasteiger partial charge in [0.05, 0.1) is 18.8 Å². The van der Waals surface area contributed by atoms with Crippen molar-refractivity contribution >= 4 is 17.9 Å². The van der Waals surface area contributed by atoms with Gasteiger partial charge in [-0.1, -0.05) is 12.1 Å². The van der Waals surface area contributed by atoms with Gasteiger partial charge in [-0.3, -0.25) is 9.88 Å². The van der Waals surface area contributed by atoms with Gasteiger partial charge in [0, 0.05) is 44.3 Å². The molecule has 1 aliphatic rings. The minimum Gasteiger partial charge on any atom is -0.493 e. The standard InChI is InChI=1S/C20H23N5O2S/c1-2-26-18-6-4-3-5-17(18)19-22-25(20(28)27-19)15-23-11-13-24(14-12-23)16-7-9-21-10-8-16/h3-10H,2,11-15H2,1H3. The van der Waals surface area contributed by atoms with Crippen LogP contribution in [0, 0.1) is 4.84 Å². The van der Waals surface area contributed by atoms with Crippen LogP contribution in [0.25, 0.3) is 11.5 Å². The molecule has 0 spiro atoms. The zero-order valence-electron chi connectivity index (χ0n) is 15.8. The summed E-state index contributed by atoms with van der Waals surface area (Å²) in [6.07, 6.45) is 3.66. The number of nitrogens with zero attached hydrogens (tertiary/aromatic N) is 5. The first-order valence-electron chi connectivity index (χ1n) is 9.42. The number of hydrogen-bond donors (Lipinski definition) is 0. The van der Waals surface area contributed by atoms with Crippen LogP contribution in [-0.4, -0.2) is 52.5 Å². The molecule has 3 heterocycles. The Morgan fingerprint density at radius 2 is 1.82 bits per heavy atom. The fourth-order valence-corrected chi connectivity index (χ4v) is 3.50. The summed E-state index contributed by atoms with van der Waals surface area (Å²) in [6.45, 7) is 6.92. The van der Waals surface area contributed by atoms with E-state index in [1.807, 2.05) is 55.7 Å². The lowest BCUT2D eigenvalue weighted by Gasteiger charge is -2.35. The van der Waals surface area contributed by atoms with Crippen LogP contribution in [0.5, 0.6) is 5.75 Å². The van der Waals surface area contributed by atoms with Crippen molar-refractivity contribution in [1.82, 2.24) is 19.7 Å². The van der Waals surface area contributed by atoms with Gasteiger partial charge in [0.2, 0.25) is 0 Å². The molecule has 0 unspecified atom stereocenters. The van der Waals surface area contributed by atoms with Crippen molar-refractivity contribution in [2.24, 2.45) is 0 Å². The second kappa shape index (κ2) is 8.53. The van der Waals surface area contributed by atoms with E-state index >= 15 is 0 Å². The van der Waals surface area contributed by atoms with E-state index in [0.29, 0.717) is 24.0 Å². The fraction of sp³-hybridized carbons (Fsp3) is 0.350. The third-order valence-corrected chi connectivity index (χ3v) is 5.05. The van der Waals surface area contributed by atoms with E-state index in [1.54, 1.807) is 4.68 Å². The normalized spacial score (nSPS) is 15.0. The van der Waals surface area contributed by atoms with E-state index in [-0.39, 0.29) is 0 Å². The molecule has 1 aliphatic heterocycles. The molecule has 28 heavy (non-hydrogen) atoms. The molecule has 8 heteroatoms. The molecule has 1 saturated heterocycles. The molecule has 0 N–H and O–H groups in total. The van der Waals surface area contributed by atoms with E-state index in [4.69, 9.17) is 21.4 Å². The van der Waals surface area contributed by atoms with Crippen molar-refractivity contribution < 1.29 is 9.15 Å². The molecule has 146 valence electrons. The highest BCUT2D eigenvalue weighted by Gasteiger charge is 2.19. The van der Waals surface area contributed by atoms with Gasteiger partial charge in [0.1, 0.15) is 5.75 Å². The predicted molar refractivity (Wildman–Crippen MR) is 110 cm³/mol. The molecule has 2 aromatic heterocycles. The predicted octanol–water partition coefficient (Wildman–Crippen LogP) is 3.45. The Kier molecular flexibility index (Phi) is 5.68. The highest BCUT2D eigenvalue weighted by atomic mass is 32.1. The number of benzene rings is 1. The summed E-state index contributed by atoms with van der Waals surface area (Å²) >= 11 is 5.40. The van der Waals surface area contributed by atoms with Crippen LogP contribution in [0.2, 0.25) is 0 Å². The molecular weight excluding hydrogens is 374 g/mol. The summed E-state index contributed by atoms with van der Waals surface area (Å²) < 4.78 is 13.2. The molecule has 7 nitrogen and oxygen atoms in total. The summed E-state index contributed by atoms with van der Waals surface area (Å²) in [5.41, 5.74) is 2.03. The van der Waals surface area contributed by atoms with Gasteiger partial charge >= 0.3 is 0 Å². The van der Waals surface area contributed by atoms with Crippen molar-refractivity contribution in [1.29, 1.82) is 0 Å². The first-order chi connectivity index (χ1) is 13.7. The van der Waals surface area contributed by atoms with Crippen molar-refractivity contribution in [2.45, 2.75) is 13.6 Å². The van der Waals surface area contributed by atoms with Gasteiger partial charge in [-0.25, -0.2) is 4.68 Å². The quantitative estimate of drug-likeness (QED) is 0.591. The third kappa shape index (κ3) is 4.07. The molecule has 1 fully saturated rings. The molecule has 0 saturated carbocycles. The topological polar surface area (TPSA) is 59.6 Å². The molecular formula is C20H23N5O2S. The first-order valence-corrected chi connectivity index (χ1v) is 9.83. The number of rotatable bonds is 6. The largest absolute Gasteiger partial charge is 0.493 e. The van der Waals surface area contributed by atoms with E-state index in [9.17, 15) is 0 Å². The SMILES string of the molecule is CCOc1ccccc1-c1nn(CN2CCN(c3ccncc3)CC2)c(=S)o1. The zero-order chi connectivity index (χ0) is 19.3. The van der Waals surface area contributed by atoms with Crippen molar-refractivity contribution in [3.63, 3.8) is 0 Å². The molecule has 0 amide bonds. The number of pyridine rings is 1. The summed E-state index contributed by atoms with van der Waals surface area (Å²) in [7, 11) is 0. The van der Waals surface area contributed by atoms with E-state index in [0.717, 1.165) is 37.5 Å². The lowest BCUT2D eigenvalue weighted by molar-refractivity contribution is 0.192. The second-order valence-corrected chi connectivity index (χ2v) is 6.90. The van der Waals surface area contributed by atoms with Crippen molar-refractivity contribution in [2.75, 3.05) is 37.7 Å². The maximum atomic E-state index is 5.76. The van der Waals surface area contributed by atoms with Crippen LogP contribution in [0.1, 0.15) is 6.92 Å². The minimum atomic E-state index is 0.373. The molecule has 0 atom stereocenters. The van der Waals surface area contributed by atoms with Gasteiger partial charge < -0.3 is 14.1 Å². The molecule has 4 rings (SSSR count). The van der Waals surface area contributed by atoms with Crippen molar-refractivity contribution in [3.8, 4) is 17.2 Å². The van der Waals surface area contributed by atoms with E-state index in [2.05, 4.69) is 19.9 Å². The van der Waals surface area contributed by atoms with Crippen LogP contribution >= 0.6 is 12.2 Å². The van der Waals surface area contributed by atoms with E-state index < -0.39 is 0 Å². The number of anilines is 1. The van der Waals surface area contributed by atoms with Gasteiger partial charge in [0.15, 0.2) is 0 Å². The first kappa shape index (κ1) is 18.6. The molecule has 0 radical (unpaired) electrons. The highest BCUT2D eigenvalue weighted by Crippen LogP contribution is 2.28. The minimum absolute atomic E-state index is 0.373. The summed E-state index contributed by atoms with van der Waals surface area (Å²) in [6, 6.07) is 11.8. The number of para-hydroxylation sites is 1. The average molecular weight is 398 g/mol. The smallest absolute Gasteiger partial charge is 0.288 e. The van der Waals surface area contributed by atoms with Crippen LogP contribution < -0.4 is 9.64 Å². The zero-order valence-corrected chi connectivity index (χ0v) is 16.6. The maximum absolute atomic E-state index is 5.76. The Morgan fingerprint density at radius 3 is 2.57 bits per heavy atom. The Morgan fingerprint density at radius 1 is 1.07 bits per heavy atom. The van der Waals surface area contributed by atoms with Gasteiger partial charge in [-0.15, -0.1) is 5.10 Å². The van der Waals surface area contributed by atoms with Crippen LogP contribution in [0.4, 0.5) is 5.69 Å². The Balaban J connectivity index is 1.44. The number of hydrogen-bond acceptors (Lipinski definition) is 7. The molecule has 1 aromatic carbocycles. The van der Waals surface area contributed by atoms with Crippen LogP contribution in [0.15, 0.2) is 53.2 Å². The van der Waals surface area contributed by atoms with Gasteiger partial charge in [-0.05, 0) is 43.4 Å². The lowest BCUT2D eigenvalue weighted by Crippen LogP contribution is -2.46. The molecule has 3 aromatic rings. The lowest BCUT2D eigenvalue weighted by atomic mass is 10.2. The fourth-order valence-electron chi connectivity index (χ4n) is 3.32. The second-order valence-electron chi connectivity index (χ2n) is 6.55. The maximum Gasteiger partial charge on any atom is 0.288 e. The van der Waals surface area contributed by atoms with Crippen LogP contribution in [-0.2, 0) is 6.67 Å². The third-order valence-electron chi connectivity index (χ3n) is 4.76. The van der Waals surface area contributed by atoms with Gasteiger partial charge in [0.25, 0.3) is 10.7 Å². The van der Waals surface area contributed by atoms with Crippen molar-refractivity contribution in [3.05, 3.63) is 53.6 Å². The Bertz CT molecular complexity index is 964. The summed E-state index contributed by atoms with van der Waals surface area (Å²) in [5.74, 6) is 1.24. The summed E-state index contributed by atoms with van der Waals surface area (Å²) in [4.78, 5) is 9.15. The Hall–Kier alpha value is -2.71. The number of ether oxygens (including phenoxy) is 1. The van der Waals surface area contributed by atoms with E-state index in [1.165, 1.54) is 5.69 Å². The molecule has 0 bridgehead atoms. The number of piperazine rings is 1. The molecule has 0 aliphatic carbocycles. The Labute approximate surface area is 169 Å². The average Bonchev–Trinajstić information content (AvgIpc) is 3.10. The number of aromatic nitrogens is 3. The van der Waals surface area contributed by atoms with Gasteiger partial charge in [-0.2, -0.15) is 0 Å². The monoisotopic (exact) mass is 397 g/mol. The highest BCUT2D eigenvalue weighted by molar-refractivity contribution is 7.71.